The molecular formula is C9H14N2O. The molecule has 3 heteroatoms. The Hall–Kier alpha value is -1.35. The second kappa shape index (κ2) is 6.37. The number of aldehydes is 1. The Labute approximate surface area is 72.6 Å². The van der Waals surface area contributed by atoms with Gasteiger partial charge in [0, 0.05) is 18.3 Å². The minimum Gasteiger partial charge on any atom is -0.388 e. The number of nitrogens with one attached hydrogen (secondary N) is 1. The zero-order valence-electron chi connectivity index (χ0n) is 7.37. The highest BCUT2D eigenvalue weighted by molar-refractivity contribution is 5.75. The molecule has 0 saturated carbocycles. The van der Waals surface area contributed by atoms with E-state index >= 15 is 0 Å². The Bertz CT molecular complexity index is 218. The van der Waals surface area contributed by atoms with Gasteiger partial charge in [-0.3, -0.25) is 4.79 Å². The average molecular weight is 166 g/mol. The van der Waals surface area contributed by atoms with Crippen molar-refractivity contribution < 1.29 is 4.79 Å². The van der Waals surface area contributed by atoms with E-state index in [1.54, 1.807) is 12.1 Å². The molecule has 0 amide bonds. The number of carbonyl (C=O) groups excluding carboxylic acids is 1. The molecule has 0 atom stereocenters. The van der Waals surface area contributed by atoms with Gasteiger partial charge in [-0.2, -0.15) is 0 Å². The topological polar surface area (TPSA) is 55.1 Å². The smallest absolute Gasteiger partial charge is 0.150 e. The van der Waals surface area contributed by atoms with Gasteiger partial charge in [0.1, 0.15) is 6.29 Å². The van der Waals surface area contributed by atoms with Crippen LogP contribution < -0.4 is 11.1 Å². The second-order valence-electron chi connectivity index (χ2n) is 1.99. The number of rotatable bonds is 2. The molecule has 0 radical (unpaired) electrons. The van der Waals surface area contributed by atoms with Crippen LogP contribution in [0.2, 0.25) is 0 Å². The Balaban J connectivity index is 0.000000561. The first kappa shape index (κ1) is 10.7. The van der Waals surface area contributed by atoms with Crippen LogP contribution in [-0.2, 0) is 0 Å². The van der Waals surface area contributed by atoms with E-state index in [-0.39, 0.29) is 0 Å². The van der Waals surface area contributed by atoms with Crippen molar-refractivity contribution in [2.75, 3.05) is 19.4 Å². The molecule has 0 heterocycles. The van der Waals surface area contributed by atoms with Crippen LogP contribution in [0.5, 0.6) is 0 Å². The summed E-state index contributed by atoms with van der Waals surface area (Å²) in [5, 5.41) is 2.96. The van der Waals surface area contributed by atoms with Gasteiger partial charge in [-0.25, -0.2) is 0 Å². The van der Waals surface area contributed by atoms with Gasteiger partial charge in [0.15, 0.2) is 0 Å². The Morgan fingerprint density at radius 2 is 1.75 bits per heavy atom. The SMILES string of the molecule is CN.CNc1ccc(C=O)cc1. The van der Waals surface area contributed by atoms with Crippen LogP contribution in [0.15, 0.2) is 24.3 Å². The van der Waals surface area contributed by atoms with Crippen LogP contribution in [0, 0.1) is 0 Å². The highest BCUT2D eigenvalue weighted by Gasteiger charge is 1.87. The second-order valence-corrected chi connectivity index (χ2v) is 1.99. The lowest BCUT2D eigenvalue weighted by atomic mass is 10.2. The van der Waals surface area contributed by atoms with Crippen molar-refractivity contribution in [2.24, 2.45) is 5.73 Å². The summed E-state index contributed by atoms with van der Waals surface area (Å²) in [7, 11) is 3.34. The Morgan fingerprint density at radius 3 is 2.08 bits per heavy atom. The molecule has 0 fully saturated rings. The van der Waals surface area contributed by atoms with Gasteiger partial charge >= 0.3 is 0 Å². The third-order valence-corrected chi connectivity index (χ3v) is 1.34. The van der Waals surface area contributed by atoms with Crippen molar-refractivity contribution in [1.29, 1.82) is 0 Å². The van der Waals surface area contributed by atoms with Gasteiger partial charge < -0.3 is 11.1 Å². The summed E-state index contributed by atoms with van der Waals surface area (Å²) in [6, 6.07) is 7.28. The molecule has 0 bridgehead atoms. The molecule has 1 aromatic rings. The summed E-state index contributed by atoms with van der Waals surface area (Å²) in [5.74, 6) is 0. The molecule has 3 nitrogen and oxygen atoms in total. The average Bonchev–Trinajstić information content (AvgIpc) is 2.21. The molecule has 0 saturated heterocycles. The fourth-order valence-corrected chi connectivity index (χ4v) is 0.728. The van der Waals surface area contributed by atoms with Gasteiger partial charge in [0.2, 0.25) is 0 Å². The molecule has 0 unspecified atom stereocenters. The Kier molecular flexibility index (Phi) is 5.65. The van der Waals surface area contributed by atoms with Crippen molar-refractivity contribution in [3.63, 3.8) is 0 Å². The van der Waals surface area contributed by atoms with Crippen molar-refractivity contribution >= 4 is 12.0 Å². The number of carbonyl (C=O) groups is 1. The van der Waals surface area contributed by atoms with E-state index in [9.17, 15) is 4.79 Å². The van der Waals surface area contributed by atoms with Gasteiger partial charge in [-0.15, -0.1) is 0 Å². The van der Waals surface area contributed by atoms with Crippen molar-refractivity contribution in [1.82, 2.24) is 0 Å². The van der Waals surface area contributed by atoms with E-state index in [0.29, 0.717) is 5.56 Å². The van der Waals surface area contributed by atoms with Crippen LogP contribution in [0.4, 0.5) is 5.69 Å². The number of benzene rings is 1. The minimum atomic E-state index is 0.707. The van der Waals surface area contributed by atoms with E-state index < -0.39 is 0 Å². The van der Waals surface area contributed by atoms with Crippen LogP contribution in [0.3, 0.4) is 0 Å². The normalized spacial score (nSPS) is 7.92. The summed E-state index contributed by atoms with van der Waals surface area (Å²) >= 11 is 0. The first-order valence-corrected chi connectivity index (χ1v) is 3.67. The third-order valence-electron chi connectivity index (χ3n) is 1.34. The summed E-state index contributed by atoms with van der Waals surface area (Å²) in [4.78, 5) is 10.2. The highest BCUT2D eigenvalue weighted by Crippen LogP contribution is 2.05. The maximum absolute atomic E-state index is 10.2. The molecule has 1 rings (SSSR count). The van der Waals surface area contributed by atoms with Crippen LogP contribution in [-0.4, -0.2) is 20.4 Å². The van der Waals surface area contributed by atoms with E-state index in [4.69, 9.17) is 0 Å². The number of nitrogens with two attached hydrogens (primary N) is 1. The summed E-state index contributed by atoms with van der Waals surface area (Å²) in [5.41, 5.74) is 6.23. The van der Waals surface area contributed by atoms with Gasteiger partial charge in [0.05, 0.1) is 0 Å². The Morgan fingerprint density at radius 1 is 1.25 bits per heavy atom. The minimum absolute atomic E-state index is 0.707. The predicted octanol–water partition coefficient (Wildman–Crippen LogP) is 1.12. The largest absolute Gasteiger partial charge is 0.388 e. The molecule has 0 spiro atoms. The zero-order valence-corrected chi connectivity index (χ0v) is 7.37. The molecule has 0 aliphatic rings. The third kappa shape index (κ3) is 3.16. The van der Waals surface area contributed by atoms with Crippen LogP contribution in [0.25, 0.3) is 0 Å². The van der Waals surface area contributed by atoms with Gasteiger partial charge in [-0.05, 0) is 31.3 Å². The lowest BCUT2D eigenvalue weighted by Gasteiger charge is -1.97. The van der Waals surface area contributed by atoms with Gasteiger partial charge in [-0.1, -0.05) is 0 Å². The van der Waals surface area contributed by atoms with Gasteiger partial charge in [0.25, 0.3) is 0 Å². The maximum Gasteiger partial charge on any atom is 0.150 e. The van der Waals surface area contributed by atoms with E-state index in [0.717, 1.165) is 12.0 Å². The van der Waals surface area contributed by atoms with E-state index in [2.05, 4.69) is 11.1 Å². The first-order valence-electron chi connectivity index (χ1n) is 3.67. The molecule has 66 valence electrons. The quantitative estimate of drug-likeness (QED) is 0.647. The number of hydrogen-bond donors (Lipinski definition) is 2. The number of hydrogen-bond acceptors (Lipinski definition) is 3. The zero-order chi connectivity index (χ0) is 9.40. The fourth-order valence-electron chi connectivity index (χ4n) is 0.728. The van der Waals surface area contributed by atoms with Crippen LogP contribution in [0.1, 0.15) is 10.4 Å². The summed E-state index contributed by atoms with van der Waals surface area (Å²) in [6.07, 6.45) is 0.833. The molecule has 12 heavy (non-hydrogen) atoms. The van der Waals surface area contributed by atoms with E-state index in [1.165, 1.54) is 7.05 Å². The highest BCUT2D eigenvalue weighted by atomic mass is 16.1. The molecule has 3 N–H and O–H groups in total. The molecule has 0 aliphatic carbocycles. The van der Waals surface area contributed by atoms with Crippen molar-refractivity contribution in [2.45, 2.75) is 0 Å². The standard InChI is InChI=1S/C8H9NO.CH5N/c1-9-8-4-2-7(6-10)3-5-8;1-2/h2-6,9H,1H3;2H2,1H3. The lowest BCUT2D eigenvalue weighted by Crippen LogP contribution is -1.87. The molecular weight excluding hydrogens is 152 g/mol. The fraction of sp³-hybridized carbons (Fsp3) is 0.222. The maximum atomic E-state index is 10.2. The lowest BCUT2D eigenvalue weighted by molar-refractivity contribution is 0.112. The van der Waals surface area contributed by atoms with E-state index in [1.807, 2.05) is 19.2 Å². The van der Waals surface area contributed by atoms with Crippen molar-refractivity contribution in [3.05, 3.63) is 29.8 Å². The van der Waals surface area contributed by atoms with Crippen LogP contribution >= 0.6 is 0 Å². The molecule has 1 aromatic carbocycles. The summed E-state index contributed by atoms with van der Waals surface area (Å²) in [6.45, 7) is 0. The summed E-state index contributed by atoms with van der Waals surface area (Å²) < 4.78 is 0. The van der Waals surface area contributed by atoms with Crippen molar-refractivity contribution in [3.8, 4) is 0 Å². The monoisotopic (exact) mass is 166 g/mol. The first-order chi connectivity index (χ1) is 5.86. The number of anilines is 1. The molecule has 0 aromatic heterocycles. The molecule has 0 aliphatic heterocycles. The predicted molar refractivity (Wildman–Crippen MR) is 51.5 cm³/mol.